The lowest BCUT2D eigenvalue weighted by atomic mass is 10.2. The smallest absolute Gasteiger partial charge is 0.336 e. The van der Waals surface area contributed by atoms with Gasteiger partial charge in [-0.25, -0.2) is 14.3 Å². The molecule has 0 unspecified atom stereocenters. The summed E-state index contributed by atoms with van der Waals surface area (Å²) < 4.78 is 4.83. The van der Waals surface area contributed by atoms with Gasteiger partial charge in [-0.3, -0.25) is 9.36 Å². The van der Waals surface area contributed by atoms with Crippen LogP contribution in [0.4, 0.5) is 5.69 Å². The van der Waals surface area contributed by atoms with E-state index in [9.17, 15) is 9.59 Å². The van der Waals surface area contributed by atoms with E-state index in [1.54, 1.807) is 53.5 Å². The minimum Gasteiger partial charge on any atom is -0.399 e. The van der Waals surface area contributed by atoms with Crippen molar-refractivity contribution in [3.63, 3.8) is 0 Å². The fourth-order valence-electron chi connectivity index (χ4n) is 3.22. The van der Waals surface area contributed by atoms with Crippen LogP contribution in [0.25, 0.3) is 16.6 Å². The van der Waals surface area contributed by atoms with E-state index in [1.165, 1.54) is 4.57 Å². The lowest BCUT2D eigenvalue weighted by molar-refractivity contribution is 0.549. The first-order chi connectivity index (χ1) is 13.1. The summed E-state index contributed by atoms with van der Waals surface area (Å²) in [4.78, 5) is 30.1. The lowest BCUT2D eigenvalue weighted by Gasteiger charge is -2.14. The molecule has 152 valence electrons. The summed E-state index contributed by atoms with van der Waals surface area (Å²) in [6, 6.07) is 13.9. The average Bonchev–Trinajstić information content (AvgIpc) is 3.19. The summed E-state index contributed by atoms with van der Waals surface area (Å²) in [5.41, 5.74) is 6.78. The molecule has 0 aliphatic heterocycles. The topological polar surface area (TPSA) is 87.8 Å². The molecule has 0 amide bonds. The van der Waals surface area contributed by atoms with Crippen molar-refractivity contribution < 1.29 is 0 Å². The van der Waals surface area contributed by atoms with Crippen LogP contribution >= 0.6 is 24.8 Å². The molecule has 2 aromatic carbocycles. The van der Waals surface area contributed by atoms with E-state index in [-0.39, 0.29) is 36.1 Å². The SMILES string of the molecule is Cl.Cl.Nc1ccc(-n2c(=O)c3ccccc3n(CCCn3ccnc3)c2=O)cc1. The number of benzene rings is 2. The molecule has 4 aromatic rings. The molecule has 0 atom stereocenters. The summed E-state index contributed by atoms with van der Waals surface area (Å²) in [6.07, 6.45) is 6.09. The number of hydrogen-bond donors (Lipinski definition) is 1. The predicted molar refractivity (Wildman–Crippen MR) is 120 cm³/mol. The second kappa shape index (κ2) is 9.45. The zero-order valence-corrected chi connectivity index (χ0v) is 17.1. The number of rotatable bonds is 5. The van der Waals surface area contributed by atoms with Crippen molar-refractivity contribution in [3.05, 3.63) is 88.1 Å². The molecule has 0 aliphatic carbocycles. The highest BCUT2D eigenvalue weighted by atomic mass is 35.5. The third-order valence-corrected chi connectivity index (χ3v) is 4.56. The minimum absolute atomic E-state index is 0. The van der Waals surface area contributed by atoms with Gasteiger partial charge in [-0.15, -0.1) is 24.8 Å². The summed E-state index contributed by atoms with van der Waals surface area (Å²) in [6.45, 7) is 1.23. The third kappa shape index (κ3) is 4.36. The molecule has 0 saturated heterocycles. The van der Waals surface area contributed by atoms with Gasteiger partial charge in [-0.05, 0) is 42.8 Å². The zero-order chi connectivity index (χ0) is 18.8. The van der Waals surface area contributed by atoms with E-state index in [1.807, 2.05) is 22.9 Å². The Balaban J connectivity index is 0.00000150. The second-order valence-corrected chi connectivity index (χ2v) is 6.34. The fourth-order valence-corrected chi connectivity index (χ4v) is 3.22. The Kier molecular flexibility index (Phi) is 7.25. The Morgan fingerprint density at radius 1 is 0.931 bits per heavy atom. The van der Waals surface area contributed by atoms with Crippen molar-refractivity contribution in [2.24, 2.45) is 0 Å². The average molecular weight is 434 g/mol. The Bertz CT molecular complexity index is 1200. The highest BCUT2D eigenvalue weighted by molar-refractivity contribution is 5.85. The third-order valence-electron chi connectivity index (χ3n) is 4.56. The van der Waals surface area contributed by atoms with E-state index >= 15 is 0 Å². The number of fused-ring (bicyclic) bond motifs is 1. The molecular weight excluding hydrogens is 413 g/mol. The normalized spacial score (nSPS) is 10.3. The number of para-hydroxylation sites is 1. The summed E-state index contributed by atoms with van der Waals surface area (Å²) in [5.74, 6) is 0. The number of halogens is 2. The molecule has 0 radical (unpaired) electrons. The molecule has 0 bridgehead atoms. The first kappa shape index (κ1) is 22.3. The number of nitrogens with two attached hydrogens (primary N) is 1. The largest absolute Gasteiger partial charge is 0.399 e. The molecule has 0 fully saturated rings. The van der Waals surface area contributed by atoms with Crippen LogP contribution in [0.3, 0.4) is 0 Å². The van der Waals surface area contributed by atoms with Gasteiger partial charge in [0.05, 0.1) is 22.9 Å². The van der Waals surface area contributed by atoms with E-state index in [0.29, 0.717) is 28.8 Å². The molecule has 0 spiro atoms. The van der Waals surface area contributed by atoms with Gasteiger partial charge in [0.15, 0.2) is 0 Å². The number of aryl methyl sites for hydroxylation is 2. The van der Waals surface area contributed by atoms with Gasteiger partial charge in [0.25, 0.3) is 5.56 Å². The van der Waals surface area contributed by atoms with Gasteiger partial charge in [0.1, 0.15) is 0 Å². The van der Waals surface area contributed by atoms with Crippen LogP contribution in [-0.4, -0.2) is 18.7 Å². The maximum absolute atomic E-state index is 13.2. The Morgan fingerprint density at radius 2 is 1.66 bits per heavy atom. The van der Waals surface area contributed by atoms with E-state index < -0.39 is 0 Å². The van der Waals surface area contributed by atoms with Gasteiger partial charge in [0.2, 0.25) is 0 Å². The van der Waals surface area contributed by atoms with Crippen molar-refractivity contribution >= 4 is 41.4 Å². The van der Waals surface area contributed by atoms with Gasteiger partial charge >= 0.3 is 5.69 Å². The molecule has 2 aromatic heterocycles. The molecular formula is C20H21Cl2N5O2. The van der Waals surface area contributed by atoms with Gasteiger partial charge in [-0.2, -0.15) is 0 Å². The molecule has 0 aliphatic rings. The first-order valence-electron chi connectivity index (χ1n) is 8.71. The first-order valence-corrected chi connectivity index (χ1v) is 8.71. The fraction of sp³-hybridized carbons (Fsp3) is 0.150. The maximum Gasteiger partial charge on any atom is 0.336 e. The molecule has 2 N–H and O–H groups in total. The number of nitrogen functional groups attached to an aromatic ring is 1. The molecule has 2 heterocycles. The monoisotopic (exact) mass is 433 g/mol. The van der Waals surface area contributed by atoms with Crippen molar-refractivity contribution in [3.8, 4) is 5.69 Å². The molecule has 29 heavy (non-hydrogen) atoms. The summed E-state index contributed by atoms with van der Waals surface area (Å²) >= 11 is 0. The summed E-state index contributed by atoms with van der Waals surface area (Å²) in [7, 11) is 0. The van der Waals surface area contributed by atoms with Gasteiger partial charge < -0.3 is 10.3 Å². The molecule has 9 heteroatoms. The second-order valence-electron chi connectivity index (χ2n) is 6.34. The molecule has 0 saturated carbocycles. The zero-order valence-electron chi connectivity index (χ0n) is 15.5. The maximum atomic E-state index is 13.2. The van der Waals surface area contributed by atoms with E-state index in [2.05, 4.69) is 4.98 Å². The number of nitrogens with zero attached hydrogens (tertiary/aromatic N) is 4. The highest BCUT2D eigenvalue weighted by Gasteiger charge is 2.14. The summed E-state index contributed by atoms with van der Waals surface area (Å²) in [5, 5.41) is 0.511. The minimum atomic E-state index is -0.353. The number of hydrogen-bond acceptors (Lipinski definition) is 4. The lowest BCUT2D eigenvalue weighted by Crippen LogP contribution is -2.39. The van der Waals surface area contributed by atoms with Crippen molar-refractivity contribution in [2.45, 2.75) is 19.5 Å². The predicted octanol–water partition coefficient (Wildman–Crippen LogP) is 2.87. The number of anilines is 1. The van der Waals surface area contributed by atoms with Crippen LogP contribution < -0.4 is 17.0 Å². The Morgan fingerprint density at radius 3 is 2.34 bits per heavy atom. The van der Waals surface area contributed by atoms with Crippen LogP contribution in [0.2, 0.25) is 0 Å². The van der Waals surface area contributed by atoms with Crippen LogP contribution in [0, 0.1) is 0 Å². The van der Waals surface area contributed by atoms with Crippen LogP contribution in [0.1, 0.15) is 6.42 Å². The van der Waals surface area contributed by atoms with Crippen LogP contribution in [0.15, 0.2) is 76.8 Å². The van der Waals surface area contributed by atoms with Gasteiger partial charge in [-0.1, -0.05) is 12.1 Å². The number of aromatic nitrogens is 4. The van der Waals surface area contributed by atoms with Crippen molar-refractivity contribution in [2.75, 3.05) is 5.73 Å². The van der Waals surface area contributed by atoms with Crippen LogP contribution in [-0.2, 0) is 13.1 Å². The Labute approximate surface area is 179 Å². The van der Waals surface area contributed by atoms with Gasteiger partial charge in [0, 0.05) is 31.2 Å². The Hall–Kier alpha value is -3.03. The van der Waals surface area contributed by atoms with Crippen molar-refractivity contribution in [1.82, 2.24) is 18.7 Å². The number of imidazole rings is 1. The van der Waals surface area contributed by atoms with E-state index in [0.717, 1.165) is 13.0 Å². The van der Waals surface area contributed by atoms with Crippen molar-refractivity contribution in [1.29, 1.82) is 0 Å². The molecule has 7 nitrogen and oxygen atoms in total. The molecule has 4 rings (SSSR count). The highest BCUT2D eigenvalue weighted by Crippen LogP contribution is 2.12. The standard InChI is InChI=1S/C20H19N5O2.2ClH/c21-15-6-8-16(9-7-15)25-19(26)17-4-1-2-5-18(17)24(20(25)27)12-3-11-23-13-10-22-14-23;;/h1-2,4-10,13-14H,3,11-12,21H2;2*1H. The quantitative estimate of drug-likeness (QED) is 0.490. The van der Waals surface area contributed by atoms with E-state index in [4.69, 9.17) is 5.73 Å². The van der Waals surface area contributed by atoms with Crippen LogP contribution in [0.5, 0.6) is 0 Å².